The Balaban J connectivity index is 1.43. The lowest BCUT2D eigenvalue weighted by Gasteiger charge is -2.15. The topological polar surface area (TPSA) is 64.0 Å². The monoisotopic (exact) mass is 477 g/mol. The molecule has 0 saturated carbocycles. The highest BCUT2D eigenvalue weighted by Gasteiger charge is 2.15. The van der Waals surface area contributed by atoms with E-state index in [1.165, 1.54) is 34.2 Å². The lowest BCUT2D eigenvalue weighted by molar-refractivity contribution is -0.119. The normalized spacial score (nSPS) is 12.1. The van der Waals surface area contributed by atoms with Crippen LogP contribution in [0, 0.1) is 6.92 Å². The molecule has 0 fully saturated rings. The highest BCUT2D eigenvalue weighted by Crippen LogP contribution is 2.22. The summed E-state index contributed by atoms with van der Waals surface area (Å²) in [5.74, 6) is 0.160. The summed E-state index contributed by atoms with van der Waals surface area (Å²) in [7, 11) is 0. The van der Waals surface area contributed by atoms with Crippen LogP contribution in [0.1, 0.15) is 30.0 Å². The zero-order valence-electron chi connectivity index (χ0n) is 18.8. The van der Waals surface area contributed by atoms with Crippen molar-refractivity contribution >= 4 is 39.2 Å². The summed E-state index contributed by atoms with van der Waals surface area (Å²) >= 11 is 2.71. The van der Waals surface area contributed by atoms with E-state index in [9.17, 15) is 9.59 Å². The highest BCUT2D eigenvalue weighted by atomic mass is 32.2. The SMILES string of the molecule is Cc1ccc(Cn2c(SCC(=O)N[C@@H](C)CCc3ccccc3)nc3ccsc3c2=O)cc1. The first kappa shape index (κ1) is 23.3. The first-order valence-corrected chi connectivity index (χ1v) is 12.9. The molecule has 0 aliphatic rings. The number of aryl methyl sites for hydroxylation is 2. The summed E-state index contributed by atoms with van der Waals surface area (Å²) < 4.78 is 2.32. The fourth-order valence-electron chi connectivity index (χ4n) is 3.60. The molecule has 0 spiro atoms. The Hall–Kier alpha value is -2.90. The first-order valence-electron chi connectivity index (χ1n) is 11.0. The summed E-state index contributed by atoms with van der Waals surface area (Å²) in [4.78, 5) is 30.4. The molecule has 33 heavy (non-hydrogen) atoms. The molecule has 1 atom stereocenters. The first-order chi connectivity index (χ1) is 16.0. The fourth-order valence-corrected chi connectivity index (χ4v) is 5.18. The Labute approximate surface area is 201 Å². The Morgan fingerprint density at radius 3 is 2.61 bits per heavy atom. The minimum absolute atomic E-state index is 0.0536. The van der Waals surface area contributed by atoms with Crippen molar-refractivity contribution in [3.05, 3.63) is 93.1 Å². The van der Waals surface area contributed by atoms with Gasteiger partial charge in [0, 0.05) is 6.04 Å². The van der Waals surface area contributed by atoms with Gasteiger partial charge < -0.3 is 5.32 Å². The van der Waals surface area contributed by atoms with Crippen LogP contribution in [0.15, 0.2) is 76.0 Å². The second-order valence-electron chi connectivity index (χ2n) is 8.19. The molecule has 1 N–H and O–H groups in total. The van der Waals surface area contributed by atoms with E-state index in [2.05, 4.69) is 17.4 Å². The van der Waals surface area contributed by atoms with Gasteiger partial charge in [0.05, 0.1) is 17.8 Å². The maximum atomic E-state index is 13.1. The van der Waals surface area contributed by atoms with Gasteiger partial charge in [0.1, 0.15) is 4.70 Å². The highest BCUT2D eigenvalue weighted by molar-refractivity contribution is 7.99. The van der Waals surface area contributed by atoms with Crippen molar-refractivity contribution in [1.82, 2.24) is 14.9 Å². The average molecular weight is 478 g/mol. The van der Waals surface area contributed by atoms with Gasteiger partial charge in [0.25, 0.3) is 5.56 Å². The number of carbonyl (C=O) groups is 1. The van der Waals surface area contributed by atoms with E-state index in [1.54, 1.807) is 4.57 Å². The van der Waals surface area contributed by atoms with E-state index in [1.807, 2.05) is 67.8 Å². The number of nitrogens with zero attached hydrogens (tertiary/aromatic N) is 2. The molecular formula is C26H27N3O2S2. The van der Waals surface area contributed by atoms with Crippen molar-refractivity contribution in [2.45, 2.75) is 44.4 Å². The quantitative estimate of drug-likeness (QED) is 0.271. The van der Waals surface area contributed by atoms with Gasteiger partial charge in [-0.1, -0.05) is 71.9 Å². The molecule has 4 rings (SSSR count). The van der Waals surface area contributed by atoms with Crippen LogP contribution in [0.5, 0.6) is 0 Å². The van der Waals surface area contributed by atoms with Crippen LogP contribution >= 0.6 is 23.1 Å². The molecule has 0 unspecified atom stereocenters. The van der Waals surface area contributed by atoms with Crippen molar-refractivity contribution in [2.24, 2.45) is 0 Å². The molecule has 7 heteroatoms. The number of fused-ring (bicyclic) bond motifs is 1. The third-order valence-electron chi connectivity index (χ3n) is 5.44. The van der Waals surface area contributed by atoms with Crippen LogP contribution in [0.3, 0.4) is 0 Å². The zero-order valence-corrected chi connectivity index (χ0v) is 20.4. The summed E-state index contributed by atoms with van der Waals surface area (Å²) in [6.07, 6.45) is 1.79. The second-order valence-corrected chi connectivity index (χ2v) is 10.0. The minimum atomic E-state index is -0.0605. The number of thiophene rings is 1. The Morgan fingerprint density at radius 2 is 1.85 bits per heavy atom. The molecule has 5 nitrogen and oxygen atoms in total. The third kappa shape index (κ3) is 6.12. The smallest absolute Gasteiger partial charge is 0.272 e. The van der Waals surface area contributed by atoms with Crippen LogP contribution in [0.4, 0.5) is 0 Å². The number of hydrogen-bond acceptors (Lipinski definition) is 5. The largest absolute Gasteiger partial charge is 0.353 e. The standard InChI is InChI=1S/C26H27N3O2S2/c1-18-8-11-21(12-9-18)16-29-25(31)24-22(14-15-32-24)28-26(29)33-17-23(30)27-19(2)10-13-20-6-4-3-5-7-20/h3-9,11-12,14-15,19H,10,13,16-17H2,1-2H3,(H,27,30)/t19-/m0/s1. The zero-order chi connectivity index (χ0) is 23.2. The van der Waals surface area contributed by atoms with E-state index >= 15 is 0 Å². The molecule has 4 aromatic rings. The fraction of sp³-hybridized carbons (Fsp3) is 0.269. The van der Waals surface area contributed by atoms with Crippen molar-refractivity contribution in [1.29, 1.82) is 0 Å². The van der Waals surface area contributed by atoms with Crippen LogP contribution < -0.4 is 10.9 Å². The van der Waals surface area contributed by atoms with E-state index in [4.69, 9.17) is 4.98 Å². The Morgan fingerprint density at radius 1 is 1.09 bits per heavy atom. The lowest BCUT2D eigenvalue weighted by Crippen LogP contribution is -2.34. The van der Waals surface area contributed by atoms with Gasteiger partial charge in [-0.05, 0) is 49.3 Å². The third-order valence-corrected chi connectivity index (χ3v) is 7.31. The van der Waals surface area contributed by atoms with Crippen molar-refractivity contribution in [3.63, 3.8) is 0 Å². The van der Waals surface area contributed by atoms with E-state index in [-0.39, 0.29) is 23.3 Å². The van der Waals surface area contributed by atoms with Crippen molar-refractivity contribution in [3.8, 4) is 0 Å². The second kappa shape index (κ2) is 10.8. The molecule has 1 amide bonds. The Bertz CT molecular complexity index is 1280. The van der Waals surface area contributed by atoms with Crippen LogP contribution in [0.25, 0.3) is 10.2 Å². The van der Waals surface area contributed by atoms with E-state index < -0.39 is 0 Å². The number of hydrogen-bond donors (Lipinski definition) is 1. The number of benzene rings is 2. The number of rotatable bonds is 9. The molecule has 2 aromatic carbocycles. The molecule has 2 heterocycles. The molecule has 0 radical (unpaired) electrons. The molecule has 0 saturated heterocycles. The van der Waals surface area contributed by atoms with Crippen LogP contribution in [0.2, 0.25) is 0 Å². The number of nitrogens with one attached hydrogen (secondary N) is 1. The molecule has 2 aromatic heterocycles. The summed E-state index contributed by atoms with van der Waals surface area (Å²) in [6, 6.07) is 20.3. The molecule has 0 aliphatic heterocycles. The van der Waals surface area contributed by atoms with Crippen molar-refractivity contribution < 1.29 is 4.79 Å². The van der Waals surface area contributed by atoms with Gasteiger partial charge in [-0.15, -0.1) is 11.3 Å². The predicted molar refractivity (Wildman–Crippen MR) is 137 cm³/mol. The molecule has 0 bridgehead atoms. The van der Waals surface area contributed by atoms with Gasteiger partial charge in [-0.2, -0.15) is 0 Å². The van der Waals surface area contributed by atoms with Crippen LogP contribution in [-0.2, 0) is 17.8 Å². The van der Waals surface area contributed by atoms with Gasteiger partial charge in [0.15, 0.2) is 5.16 Å². The summed E-state index contributed by atoms with van der Waals surface area (Å²) in [5, 5.41) is 5.52. The van der Waals surface area contributed by atoms with Gasteiger partial charge >= 0.3 is 0 Å². The number of aromatic nitrogens is 2. The molecular weight excluding hydrogens is 450 g/mol. The van der Waals surface area contributed by atoms with Gasteiger partial charge in [0.2, 0.25) is 5.91 Å². The maximum absolute atomic E-state index is 13.1. The molecule has 170 valence electrons. The average Bonchev–Trinajstić information content (AvgIpc) is 3.29. The number of carbonyl (C=O) groups excluding carboxylic acids is 1. The van der Waals surface area contributed by atoms with Crippen molar-refractivity contribution in [2.75, 3.05) is 5.75 Å². The predicted octanol–water partition coefficient (Wildman–Crippen LogP) is 5.04. The summed E-state index contributed by atoms with van der Waals surface area (Å²) in [6.45, 7) is 4.49. The van der Waals surface area contributed by atoms with E-state index in [0.717, 1.165) is 18.4 Å². The molecule has 0 aliphatic carbocycles. The Kier molecular flexibility index (Phi) is 7.62. The lowest BCUT2D eigenvalue weighted by atomic mass is 10.1. The van der Waals surface area contributed by atoms with Crippen LogP contribution in [-0.4, -0.2) is 27.3 Å². The number of amides is 1. The van der Waals surface area contributed by atoms with Gasteiger partial charge in [-0.25, -0.2) is 4.98 Å². The minimum Gasteiger partial charge on any atom is -0.353 e. The van der Waals surface area contributed by atoms with E-state index in [0.29, 0.717) is 21.9 Å². The summed E-state index contributed by atoms with van der Waals surface area (Å²) in [5.41, 5.74) is 4.09. The maximum Gasteiger partial charge on any atom is 0.272 e. The number of thioether (sulfide) groups is 1. The van der Waals surface area contributed by atoms with Gasteiger partial charge in [-0.3, -0.25) is 14.2 Å².